The summed E-state index contributed by atoms with van der Waals surface area (Å²) in [7, 11) is 0. The van der Waals surface area contributed by atoms with E-state index in [1.54, 1.807) is 0 Å². The van der Waals surface area contributed by atoms with Crippen molar-refractivity contribution in [3.05, 3.63) is 0 Å². The fourth-order valence-electron chi connectivity index (χ4n) is 11.8. The van der Waals surface area contributed by atoms with E-state index >= 15 is 0 Å². The molecule has 0 atom stereocenters. The van der Waals surface area contributed by atoms with Gasteiger partial charge in [-0.25, -0.2) is 20.8 Å². The van der Waals surface area contributed by atoms with Gasteiger partial charge < -0.3 is 10.6 Å². The van der Waals surface area contributed by atoms with E-state index < -0.39 is 0 Å². The Hall–Kier alpha value is -1.30. The molecule has 40 heavy (non-hydrogen) atoms. The highest BCUT2D eigenvalue weighted by molar-refractivity contribution is 5.98. The first-order valence-corrected chi connectivity index (χ1v) is 17.9. The minimum atomic E-state index is 0.398. The predicted molar refractivity (Wildman–Crippen MR) is 163 cm³/mol. The molecule has 10 aliphatic rings. The molecule has 6 nitrogen and oxygen atoms in total. The number of hydrogen-bond donors (Lipinski definition) is 3. The maximum atomic E-state index is 7.25. The molecule has 0 saturated heterocycles. The lowest BCUT2D eigenvalue weighted by Crippen LogP contribution is -2.63. The summed E-state index contributed by atoms with van der Waals surface area (Å²) in [5, 5.41) is 10.0. The molecule has 0 unspecified atom stereocenters. The van der Waals surface area contributed by atoms with Crippen LogP contribution in [0.4, 0.5) is 0 Å². The minimum absolute atomic E-state index is 0.398. The van der Waals surface area contributed by atoms with Crippen LogP contribution in [0.25, 0.3) is 0 Å². The van der Waals surface area contributed by atoms with Crippen molar-refractivity contribution in [1.29, 1.82) is 0 Å². The van der Waals surface area contributed by atoms with Gasteiger partial charge in [0.2, 0.25) is 11.9 Å². The van der Waals surface area contributed by atoms with E-state index in [4.69, 9.17) is 15.8 Å². The van der Waals surface area contributed by atoms with Crippen LogP contribution in [0.1, 0.15) is 128 Å². The highest BCUT2D eigenvalue weighted by Gasteiger charge is 2.51. The van der Waals surface area contributed by atoms with E-state index in [0.717, 1.165) is 59.3 Å². The second-order valence-corrected chi connectivity index (χ2v) is 16.1. The summed E-state index contributed by atoms with van der Waals surface area (Å²) in [6, 6.07) is 1.88. The van der Waals surface area contributed by atoms with Crippen molar-refractivity contribution in [2.24, 2.45) is 63.2 Å². The van der Waals surface area contributed by atoms with Crippen molar-refractivity contribution in [2.45, 2.75) is 153 Å². The number of nitrogens with two attached hydrogens (primary N) is 1. The Kier molecular flexibility index (Phi) is 7.29. The number of nitrogens with one attached hydrogen (secondary N) is 2. The van der Waals surface area contributed by atoms with Gasteiger partial charge in [0, 0.05) is 12.1 Å². The number of hydrazine groups is 1. The number of aliphatic imine (C=N–C) groups is 2. The van der Waals surface area contributed by atoms with Gasteiger partial charge in [-0.2, -0.15) is 0 Å². The zero-order valence-electron chi connectivity index (χ0n) is 25.0. The number of nitrogens with zero attached hydrogens (tertiary/aromatic N) is 3. The molecular formula is C34H56N6. The van der Waals surface area contributed by atoms with Crippen LogP contribution in [0.2, 0.25) is 0 Å². The van der Waals surface area contributed by atoms with Crippen molar-refractivity contribution >= 4 is 11.9 Å². The Morgan fingerprint density at radius 3 is 1.55 bits per heavy atom. The number of guanidine groups is 2. The Labute approximate surface area is 243 Å². The maximum absolute atomic E-state index is 7.25. The highest BCUT2D eigenvalue weighted by Crippen LogP contribution is 2.55. The molecule has 0 amide bonds. The van der Waals surface area contributed by atoms with Crippen LogP contribution < -0.4 is 16.5 Å². The molecule has 0 heterocycles. The second kappa shape index (κ2) is 11.1. The quantitative estimate of drug-likeness (QED) is 0.165. The van der Waals surface area contributed by atoms with Gasteiger partial charge >= 0.3 is 0 Å². The minimum Gasteiger partial charge on any atom is -0.352 e. The molecule has 4 N–H and O–H groups in total. The van der Waals surface area contributed by atoms with Gasteiger partial charge in [0.1, 0.15) is 0 Å². The zero-order chi connectivity index (χ0) is 26.6. The Bertz CT molecular complexity index is 905. The normalized spacial score (nSPS) is 45.2. The standard InChI is InChI=1S/C34H56N6/c35-40(33(36-29-7-3-1-4-8-29)37-30-9-5-2-6-10-30)34(38-31-25-13-21-11-22(15-25)16-26(31)14-21)39-32-27-17-23-12-24(19-27)20-28(32)18-23/h21-32H,1-20,35H2,(H,36,37)(H,38,39). The zero-order valence-corrected chi connectivity index (χ0v) is 25.0. The predicted octanol–water partition coefficient (Wildman–Crippen LogP) is 6.37. The molecule has 10 fully saturated rings. The van der Waals surface area contributed by atoms with E-state index in [9.17, 15) is 0 Å². The average molecular weight is 549 g/mol. The second-order valence-electron chi connectivity index (χ2n) is 16.1. The molecule has 0 aromatic heterocycles. The molecule has 8 bridgehead atoms. The van der Waals surface area contributed by atoms with Gasteiger partial charge in [0.25, 0.3) is 0 Å². The number of hydrogen-bond acceptors (Lipinski definition) is 3. The molecule has 0 aromatic rings. The molecule has 222 valence electrons. The fourth-order valence-corrected chi connectivity index (χ4v) is 11.8. The molecule has 0 radical (unpaired) electrons. The van der Waals surface area contributed by atoms with Crippen LogP contribution in [0.3, 0.4) is 0 Å². The van der Waals surface area contributed by atoms with Crippen LogP contribution in [-0.4, -0.2) is 41.1 Å². The van der Waals surface area contributed by atoms with Gasteiger partial charge in [-0.3, -0.25) is 0 Å². The molecule has 10 saturated carbocycles. The molecular weight excluding hydrogens is 492 g/mol. The summed E-state index contributed by atoms with van der Waals surface area (Å²) < 4.78 is 0. The molecule has 10 rings (SSSR count). The fraction of sp³-hybridized carbons (Fsp3) is 0.941. The van der Waals surface area contributed by atoms with Gasteiger partial charge in [-0.05, 0) is 137 Å². The summed E-state index contributed by atoms with van der Waals surface area (Å²) in [4.78, 5) is 11.1. The summed E-state index contributed by atoms with van der Waals surface area (Å²) in [5.74, 6) is 16.2. The molecule has 0 aliphatic heterocycles. The first-order chi connectivity index (χ1) is 19.6. The molecule has 0 aromatic carbocycles. The summed E-state index contributed by atoms with van der Waals surface area (Å²) in [6.07, 6.45) is 27.1. The summed E-state index contributed by atoms with van der Waals surface area (Å²) in [5.41, 5.74) is 0. The van der Waals surface area contributed by atoms with Crippen molar-refractivity contribution in [1.82, 2.24) is 15.6 Å². The molecule has 6 heteroatoms. The van der Waals surface area contributed by atoms with Gasteiger partial charge in [0.15, 0.2) is 0 Å². The van der Waals surface area contributed by atoms with E-state index in [1.807, 2.05) is 5.01 Å². The average Bonchev–Trinajstić information content (AvgIpc) is 2.95. The van der Waals surface area contributed by atoms with Crippen molar-refractivity contribution < 1.29 is 0 Å². The first kappa shape index (κ1) is 26.3. The molecule has 0 spiro atoms. The van der Waals surface area contributed by atoms with E-state index in [-0.39, 0.29) is 0 Å². The largest absolute Gasteiger partial charge is 0.352 e. The van der Waals surface area contributed by atoms with Gasteiger partial charge in [-0.15, -0.1) is 0 Å². The van der Waals surface area contributed by atoms with Gasteiger partial charge in [-0.1, -0.05) is 38.5 Å². The lowest BCUT2D eigenvalue weighted by Gasteiger charge is -2.55. The monoisotopic (exact) mass is 548 g/mol. The smallest absolute Gasteiger partial charge is 0.216 e. The Balaban J connectivity index is 1.10. The van der Waals surface area contributed by atoms with Crippen LogP contribution in [-0.2, 0) is 0 Å². The van der Waals surface area contributed by atoms with Crippen LogP contribution >= 0.6 is 0 Å². The van der Waals surface area contributed by atoms with Crippen LogP contribution in [0.15, 0.2) is 9.98 Å². The molecule has 10 aliphatic carbocycles. The Morgan fingerprint density at radius 2 is 1.00 bits per heavy atom. The SMILES string of the molecule is NN(C(=NC1CCCCC1)NC1CCCCC1)C(=NC1C2CC3CC(C2)CC1C3)NC1C2CC3CC(C2)CC1C3. The number of rotatable bonds is 4. The van der Waals surface area contributed by atoms with Crippen LogP contribution in [0.5, 0.6) is 0 Å². The third kappa shape index (κ3) is 5.22. The van der Waals surface area contributed by atoms with Crippen molar-refractivity contribution in [2.75, 3.05) is 0 Å². The first-order valence-electron chi connectivity index (χ1n) is 17.9. The highest BCUT2D eigenvalue weighted by atomic mass is 15.5. The topological polar surface area (TPSA) is 78.0 Å². The lowest BCUT2D eigenvalue weighted by atomic mass is 9.54. The van der Waals surface area contributed by atoms with Gasteiger partial charge in [0.05, 0.1) is 12.1 Å². The third-order valence-corrected chi connectivity index (χ3v) is 13.2. The van der Waals surface area contributed by atoms with Crippen molar-refractivity contribution in [3.63, 3.8) is 0 Å². The maximum Gasteiger partial charge on any atom is 0.216 e. The summed E-state index contributed by atoms with van der Waals surface area (Å²) >= 11 is 0. The Morgan fingerprint density at radius 1 is 0.525 bits per heavy atom. The van der Waals surface area contributed by atoms with Crippen molar-refractivity contribution in [3.8, 4) is 0 Å². The van der Waals surface area contributed by atoms with E-state index in [1.165, 1.54) is 128 Å². The van der Waals surface area contributed by atoms with Crippen LogP contribution in [0, 0.1) is 47.3 Å². The van der Waals surface area contributed by atoms with E-state index in [0.29, 0.717) is 24.2 Å². The lowest BCUT2D eigenvalue weighted by molar-refractivity contribution is -0.00913. The summed E-state index contributed by atoms with van der Waals surface area (Å²) in [6.45, 7) is 0. The van der Waals surface area contributed by atoms with E-state index in [2.05, 4.69) is 10.6 Å². The third-order valence-electron chi connectivity index (χ3n) is 13.2.